The van der Waals surface area contributed by atoms with Gasteiger partial charge in [-0.2, -0.15) is 13.2 Å². The van der Waals surface area contributed by atoms with E-state index in [1.807, 2.05) is 0 Å². The molecule has 3 aliphatic rings. The molecule has 7 nitrogen and oxygen atoms in total. The fourth-order valence-electron chi connectivity index (χ4n) is 4.44. The lowest BCUT2D eigenvalue weighted by atomic mass is 9.91. The predicted molar refractivity (Wildman–Crippen MR) is 140 cm³/mol. The molecule has 0 bridgehead atoms. The molecule has 0 aliphatic heterocycles. The van der Waals surface area contributed by atoms with Gasteiger partial charge >= 0.3 is 6.18 Å². The van der Waals surface area contributed by atoms with Crippen LogP contribution in [0, 0.1) is 18.8 Å². The highest BCUT2D eigenvalue weighted by Gasteiger charge is 2.35. The maximum absolute atomic E-state index is 13.2. The van der Waals surface area contributed by atoms with E-state index in [9.17, 15) is 22.8 Å². The Morgan fingerprint density at radius 1 is 1.14 bits per heavy atom. The van der Waals surface area contributed by atoms with Crippen LogP contribution in [0.1, 0.15) is 64.3 Å². The number of carbonyl (C=O) groups excluding carboxylic acids is 2. The zero-order chi connectivity index (χ0) is 26.3. The molecule has 37 heavy (non-hydrogen) atoms. The van der Waals surface area contributed by atoms with Crippen molar-refractivity contribution in [3.05, 3.63) is 39.5 Å². The quantitative estimate of drug-likeness (QED) is 0.370. The molecule has 4 N–H and O–H groups in total. The standard InChI is InChI=1S/C25H28F3N5O2S2/c1-12-17(7-9-19(30-12)25(26,27)28)32-24(36)31-15-6-8-18-16(10-15)20(22(35)29-11-13-2-3-13)23(37-18)33-21(34)14-4-5-14/h7,9,13-15H,2-6,8,10-11H2,1H3,(H,29,35)(H,33,34)(H2,31,32,36)/t15-/m0/s1. The number of halogens is 3. The third-order valence-corrected chi connectivity index (χ3v) is 8.31. The summed E-state index contributed by atoms with van der Waals surface area (Å²) in [6.07, 6.45) is 1.53. The number of rotatable bonds is 7. The third kappa shape index (κ3) is 6.23. The molecular weight excluding hydrogens is 523 g/mol. The average Bonchev–Trinajstić information content (AvgIpc) is 3.75. The molecule has 2 saturated carbocycles. The molecule has 0 radical (unpaired) electrons. The highest BCUT2D eigenvalue weighted by Crippen LogP contribution is 2.40. The number of fused-ring (bicyclic) bond motifs is 1. The number of thiocarbonyl (C=S) groups is 1. The van der Waals surface area contributed by atoms with E-state index in [0.717, 1.165) is 55.0 Å². The highest BCUT2D eigenvalue weighted by molar-refractivity contribution is 7.80. The first-order chi connectivity index (χ1) is 17.6. The Bertz CT molecular complexity index is 1240. The summed E-state index contributed by atoms with van der Waals surface area (Å²) in [5.74, 6) is 0.366. The van der Waals surface area contributed by atoms with Gasteiger partial charge in [0.1, 0.15) is 10.7 Å². The van der Waals surface area contributed by atoms with Crippen molar-refractivity contribution in [2.45, 2.75) is 64.1 Å². The number of carbonyl (C=O) groups is 2. The van der Waals surface area contributed by atoms with Crippen LogP contribution < -0.4 is 21.3 Å². The van der Waals surface area contributed by atoms with E-state index in [1.165, 1.54) is 24.3 Å². The Morgan fingerprint density at radius 2 is 1.89 bits per heavy atom. The van der Waals surface area contributed by atoms with Crippen LogP contribution in [-0.2, 0) is 23.8 Å². The van der Waals surface area contributed by atoms with E-state index >= 15 is 0 Å². The summed E-state index contributed by atoms with van der Waals surface area (Å²) in [5.41, 5.74) is 1.09. The van der Waals surface area contributed by atoms with Gasteiger partial charge in [-0.25, -0.2) is 4.98 Å². The molecule has 0 spiro atoms. The van der Waals surface area contributed by atoms with Crippen molar-refractivity contribution in [3.63, 3.8) is 0 Å². The number of hydrogen-bond acceptors (Lipinski definition) is 5. The summed E-state index contributed by atoms with van der Waals surface area (Å²) in [5, 5.41) is 13.1. The van der Waals surface area contributed by atoms with E-state index in [2.05, 4.69) is 26.3 Å². The molecule has 0 unspecified atom stereocenters. The average molecular weight is 552 g/mol. The number of amides is 2. The second kappa shape index (κ2) is 10.2. The summed E-state index contributed by atoms with van der Waals surface area (Å²) in [4.78, 5) is 30.4. The minimum absolute atomic E-state index is 0.0301. The molecule has 12 heteroatoms. The molecule has 198 valence electrons. The summed E-state index contributed by atoms with van der Waals surface area (Å²) in [7, 11) is 0. The van der Waals surface area contributed by atoms with Gasteiger partial charge in [0.25, 0.3) is 5.91 Å². The number of hydrogen-bond donors (Lipinski definition) is 4. The van der Waals surface area contributed by atoms with Crippen LogP contribution >= 0.6 is 23.6 Å². The van der Waals surface area contributed by atoms with Gasteiger partial charge in [0.2, 0.25) is 5.91 Å². The number of aryl methyl sites for hydroxylation is 2. The molecule has 0 saturated heterocycles. The number of thiophene rings is 1. The Hall–Kier alpha value is -2.73. The second-order valence-electron chi connectivity index (χ2n) is 9.99. The molecule has 5 rings (SSSR count). The molecule has 3 aliphatic carbocycles. The monoisotopic (exact) mass is 551 g/mol. The van der Waals surface area contributed by atoms with Crippen LogP contribution in [0.2, 0.25) is 0 Å². The van der Waals surface area contributed by atoms with Gasteiger partial charge in [0.05, 0.1) is 16.9 Å². The first-order valence-corrected chi connectivity index (χ1v) is 13.7. The van der Waals surface area contributed by atoms with Gasteiger partial charge in [-0.1, -0.05) is 0 Å². The fourth-order valence-corrected chi connectivity index (χ4v) is 5.96. The molecule has 2 heterocycles. The van der Waals surface area contributed by atoms with E-state index in [1.54, 1.807) is 0 Å². The maximum Gasteiger partial charge on any atom is 0.433 e. The molecule has 1 atom stereocenters. The number of aromatic nitrogens is 1. The predicted octanol–water partition coefficient (Wildman–Crippen LogP) is 4.80. The van der Waals surface area contributed by atoms with Gasteiger partial charge in [-0.3, -0.25) is 9.59 Å². The van der Waals surface area contributed by atoms with E-state index in [0.29, 0.717) is 35.1 Å². The van der Waals surface area contributed by atoms with Crippen LogP contribution in [-0.4, -0.2) is 34.5 Å². The summed E-state index contributed by atoms with van der Waals surface area (Å²) in [6, 6.07) is 2.15. The van der Waals surface area contributed by atoms with Crippen LogP contribution in [0.3, 0.4) is 0 Å². The van der Waals surface area contributed by atoms with Gasteiger partial charge in [0, 0.05) is 23.4 Å². The van der Waals surface area contributed by atoms with Crippen molar-refractivity contribution < 1.29 is 22.8 Å². The first-order valence-electron chi connectivity index (χ1n) is 12.4. The third-order valence-electron chi connectivity index (χ3n) is 6.88. The van der Waals surface area contributed by atoms with Crippen molar-refractivity contribution in [1.82, 2.24) is 15.6 Å². The van der Waals surface area contributed by atoms with Gasteiger partial charge in [-0.05, 0) is 87.7 Å². The smallest absolute Gasteiger partial charge is 0.359 e. The normalized spacial score (nSPS) is 19.1. The Morgan fingerprint density at radius 3 is 2.54 bits per heavy atom. The number of nitrogens with zero attached hydrogens (tertiary/aromatic N) is 1. The van der Waals surface area contributed by atoms with E-state index in [-0.39, 0.29) is 34.6 Å². The lowest BCUT2D eigenvalue weighted by Gasteiger charge is -2.26. The zero-order valence-electron chi connectivity index (χ0n) is 20.3. The molecule has 2 aromatic heterocycles. The van der Waals surface area contributed by atoms with Crippen molar-refractivity contribution in [2.75, 3.05) is 17.2 Å². The molecular formula is C25H28F3N5O2S2. The second-order valence-corrected chi connectivity index (χ2v) is 11.5. The van der Waals surface area contributed by atoms with Crippen LogP contribution in [0.4, 0.5) is 23.9 Å². The van der Waals surface area contributed by atoms with Gasteiger partial charge in [0.15, 0.2) is 5.11 Å². The molecule has 0 aromatic carbocycles. The van der Waals surface area contributed by atoms with E-state index in [4.69, 9.17) is 12.2 Å². The van der Waals surface area contributed by atoms with Crippen molar-refractivity contribution >= 4 is 51.2 Å². The minimum atomic E-state index is -4.51. The molecule has 2 amide bonds. The van der Waals surface area contributed by atoms with Crippen molar-refractivity contribution in [2.24, 2.45) is 11.8 Å². The lowest BCUT2D eigenvalue weighted by Crippen LogP contribution is -2.41. The molecule has 2 aromatic rings. The first kappa shape index (κ1) is 25.9. The van der Waals surface area contributed by atoms with Crippen molar-refractivity contribution in [1.29, 1.82) is 0 Å². The summed E-state index contributed by atoms with van der Waals surface area (Å²) in [6.45, 7) is 2.12. The maximum atomic E-state index is 13.2. The lowest BCUT2D eigenvalue weighted by molar-refractivity contribution is -0.141. The fraction of sp³-hybridized carbons (Fsp3) is 0.520. The van der Waals surface area contributed by atoms with Gasteiger partial charge in [-0.15, -0.1) is 11.3 Å². The van der Waals surface area contributed by atoms with Gasteiger partial charge < -0.3 is 21.3 Å². The van der Waals surface area contributed by atoms with Crippen LogP contribution in [0.25, 0.3) is 0 Å². The van der Waals surface area contributed by atoms with Crippen LogP contribution in [0.5, 0.6) is 0 Å². The van der Waals surface area contributed by atoms with Crippen LogP contribution in [0.15, 0.2) is 12.1 Å². The Kier molecular flexibility index (Phi) is 7.14. The summed E-state index contributed by atoms with van der Waals surface area (Å²) >= 11 is 6.91. The van der Waals surface area contributed by atoms with Crippen molar-refractivity contribution in [3.8, 4) is 0 Å². The number of pyridine rings is 1. The minimum Gasteiger partial charge on any atom is -0.359 e. The molecule has 2 fully saturated rings. The van der Waals surface area contributed by atoms with E-state index < -0.39 is 11.9 Å². The number of anilines is 2. The SMILES string of the molecule is Cc1nc(C(F)(F)F)ccc1NC(=S)N[C@H]1CCc2sc(NC(=O)C3CC3)c(C(=O)NCC3CC3)c2C1. The highest BCUT2D eigenvalue weighted by atomic mass is 32.1. The topological polar surface area (TPSA) is 95.2 Å². The zero-order valence-corrected chi connectivity index (χ0v) is 21.9. The Balaban J connectivity index is 1.28. The summed E-state index contributed by atoms with van der Waals surface area (Å²) < 4.78 is 38.7. The number of nitrogens with one attached hydrogen (secondary N) is 4. The largest absolute Gasteiger partial charge is 0.433 e. The number of alkyl halides is 3. The Labute approximate surface area is 222 Å².